The van der Waals surface area contributed by atoms with Gasteiger partial charge in [0, 0.05) is 6.07 Å². The molecular weight excluding hydrogens is 300 g/mol. The maximum Gasteiger partial charge on any atom is 0.349 e. The third-order valence-corrected chi connectivity index (χ3v) is 3.07. The first kappa shape index (κ1) is 15.0. The van der Waals surface area contributed by atoms with Crippen LogP contribution in [0, 0.1) is 0 Å². The number of ether oxygens (including phenoxy) is 5. The lowest BCUT2D eigenvalue weighted by Crippen LogP contribution is -2.17. The van der Waals surface area contributed by atoms with Gasteiger partial charge in [0.25, 0.3) is 0 Å². The van der Waals surface area contributed by atoms with Crippen molar-refractivity contribution in [2.45, 2.75) is 6.92 Å². The Labute approximate surface area is 133 Å². The van der Waals surface area contributed by atoms with E-state index in [-0.39, 0.29) is 13.4 Å². The van der Waals surface area contributed by atoms with Crippen molar-refractivity contribution < 1.29 is 28.5 Å². The molecule has 6 heteroatoms. The van der Waals surface area contributed by atoms with E-state index in [9.17, 15) is 4.79 Å². The molecule has 0 aliphatic carbocycles. The second kappa shape index (κ2) is 6.91. The van der Waals surface area contributed by atoms with Crippen LogP contribution < -0.4 is 23.7 Å². The summed E-state index contributed by atoms with van der Waals surface area (Å²) in [6, 6.07) is 12.0. The first-order valence-corrected chi connectivity index (χ1v) is 7.20. The molecule has 0 radical (unpaired) electrons. The van der Waals surface area contributed by atoms with E-state index in [0.29, 0.717) is 29.6 Å². The molecule has 1 heterocycles. The molecule has 0 spiro atoms. The number of hydrogen-bond acceptors (Lipinski definition) is 6. The largest absolute Gasteiger partial charge is 0.494 e. The van der Waals surface area contributed by atoms with Crippen molar-refractivity contribution >= 4 is 5.97 Å². The molecule has 2 aromatic carbocycles. The summed E-state index contributed by atoms with van der Waals surface area (Å²) in [6.07, 6.45) is 0. The molecule has 0 aromatic heterocycles. The molecule has 3 rings (SSSR count). The van der Waals surface area contributed by atoms with Crippen LogP contribution in [-0.4, -0.2) is 26.0 Å². The Bertz CT molecular complexity index is 680. The third kappa shape index (κ3) is 3.85. The molecule has 6 nitrogen and oxygen atoms in total. The lowest BCUT2D eigenvalue weighted by molar-refractivity contribution is -0.136. The van der Waals surface area contributed by atoms with Crippen LogP contribution in [0.3, 0.4) is 0 Å². The highest BCUT2D eigenvalue weighted by molar-refractivity contribution is 5.74. The van der Waals surface area contributed by atoms with E-state index in [1.165, 1.54) is 0 Å². The van der Waals surface area contributed by atoms with E-state index < -0.39 is 5.97 Å². The van der Waals surface area contributed by atoms with Crippen LogP contribution in [0.2, 0.25) is 0 Å². The number of carbonyl (C=O) groups is 1. The topological polar surface area (TPSA) is 63.2 Å². The molecule has 0 saturated carbocycles. The van der Waals surface area contributed by atoms with Gasteiger partial charge in [0.1, 0.15) is 17.2 Å². The summed E-state index contributed by atoms with van der Waals surface area (Å²) in [5.41, 5.74) is 0. The zero-order valence-corrected chi connectivity index (χ0v) is 12.6. The van der Waals surface area contributed by atoms with Gasteiger partial charge in [-0.05, 0) is 43.3 Å². The van der Waals surface area contributed by atoms with E-state index in [1.54, 1.807) is 42.5 Å². The van der Waals surface area contributed by atoms with Gasteiger partial charge in [-0.15, -0.1) is 0 Å². The maximum atomic E-state index is 11.8. The Morgan fingerprint density at radius 2 is 1.61 bits per heavy atom. The van der Waals surface area contributed by atoms with Gasteiger partial charge in [0.2, 0.25) is 6.79 Å². The van der Waals surface area contributed by atoms with Crippen LogP contribution >= 0.6 is 0 Å². The lowest BCUT2D eigenvalue weighted by Gasteiger charge is -2.08. The Hall–Kier alpha value is -2.89. The molecule has 2 aromatic rings. The Balaban J connectivity index is 1.51. The molecule has 0 atom stereocenters. The van der Waals surface area contributed by atoms with Crippen molar-refractivity contribution in [3.05, 3.63) is 42.5 Å². The minimum Gasteiger partial charge on any atom is -0.494 e. The van der Waals surface area contributed by atoms with Crippen LogP contribution in [0.4, 0.5) is 0 Å². The fraction of sp³-hybridized carbons (Fsp3) is 0.235. The minimum atomic E-state index is -0.502. The molecule has 0 amide bonds. The summed E-state index contributed by atoms with van der Waals surface area (Å²) >= 11 is 0. The number of hydrogen-bond donors (Lipinski definition) is 0. The lowest BCUT2D eigenvalue weighted by atomic mass is 10.3. The molecule has 0 saturated heterocycles. The van der Waals surface area contributed by atoms with Gasteiger partial charge in [-0.3, -0.25) is 0 Å². The highest BCUT2D eigenvalue weighted by Gasteiger charge is 2.15. The zero-order valence-electron chi connectivity index (χ0n) is 12.6. The normalized spacial score (nSPS) is 11.9. The van der Waals surface area contributed by atoms with Gasteiger partial charge in [0.05, 0.1) is 6.61 Å². The van der Waals surface area contributed by atoms with Crippen molar-refractivity contribution in [1.29, 1.82) is 0 Å². The van der Waals surface area contributed by atoms with E-state index in [4.69, 9.17) is 23.7 Å². The highest BCUT2D eigenvalue weighted by atomic mass is 16.7. The summed E-state index contributed by atoms with van der Waals surface area (Å²) in [5, 5.41) is 0. The van der Waals surface area contributed by atoms with Gasteiger partial charge in [-0.2, -0.15) is 0 Å². The number of rotatable bonds is 6. The van der Waals surface area contributed by atoms with Gasteiger partial charge in [-0.25, -0.2) is 4.79 Å². The molecule has 1 aliphatic heterocycles. The fourth-order valence-corrected chi connectivity index (χ4v) is 2.04. The summed E-state index contributed by atoms with van der Waals surface area (Å²) in [4.78, 5) is 11.8. The molecule has 0 unspecified atom stereocenters. The van der Waals surface area contributed by atoms with Crippen LogP contribution in [0.5, 0.6) is 28.7 Å². The average Bonchev–Trinajstić information content (AvgIpc) is 3.02. The Kier molecular flexibility index (Phi) is 4.52. The Morgan fingerprint density at radius 1 is 0.957 bits per heavy atom. The van der Waals surface area contributed by atoms with Gasteiger partial charge in [-0.1, -0.05) is 0 Å². The summed E-state index contributed by atoms with van der Waals surface area (Å²) in [7, 11) is 0. The summed E-state index contributed by atoms with van der Waals surface area (Å²) in [6.45, 7) is 2.49. The number of benzene rings is 2. The standard InChI is InChI=1S/C17H16O6/c1-2-19-12-3-5-13(6-4-12)20-10-17(18)23-14-7-8-15-16(9-14)22-11-21-15/h3-9H,2,10-11H2,1H3. The van der Waals surface area contributed by atoms with E-state index >= 15 is 0 Å². The summed E-state index contributed by atoms with van der Waals surface area (Å²) in [5.74, 6) is 2.39. The van der Waals surface area contributed by atoms with Gasteiger partial charge >= 0.3 is 5.97 Å². The monoisotopic (exact) mass is 316 g/mol. The van der Waals surface area contributed by atoms with Crippen LogP contribution in [0.1, 0.15) is 6.92 Å². The molecular formula is C17H16O6. The number of fused-ring (bicyclic) bond motifs is 1. The van der Waals surface area contributed by atoms with Gasteiger partial charge < -0.3 is 23.7 Å². The highest BCUT2D eigenvalue weighted by Crippen LogP contribution is 2.35. The first-order valence-electron chi connectivity index (χ1n) is 7.20. The minimum absolute atomic E-state index is 0.174. The number of carbonyl (C=O) groups excluding carboxylic acids is 1. The second-order valence-electron chi connectivity index (χ2n) is 4.68. The molecule has 0 bridgehead atoms. The SMILES string of the molecule is CCOc1ccc(OCC(=O)Oc2ccc3c(c2)OCO3)cc1. The Morgan fingerprint density at radius 3 is 2.35 bits per heavy atom. The molecule has 0 fully saturated rings. The van der Waals surface area contributed by atoms with Crippen LogP contribution in [0.15, 0.2) is 42.5 Å². The molecule has 1 aliphatic rings. The second-order valence-corrected chi connectivity index (χ2v) is 4.68. The van der Waals surface area contributed by atoms with E-state index in [1.807, 2.05) is 6.92 Å². The maximum absolute atomic E-state index is 11.8. The van der Waals surface area contributed by atoms with Crippen molar-refractivity contribution in [2.75, 3.05) is 20.0 Å². The molecule has 120 valence electrons. The number of esters is 1. The quantitative estimate of drug-likeness (QED) is 0.603. The van der Waals surface area contributed by atoms with Crippen molar-refractivity contribution in [3.63, 3.8) is 0 Å². The predicted octanol–water partition coefficient (Wildman–Crippen LogP) is 2.80. The molecule has 0 N–H and O–H groups in total. The van der Waals surface area contributed by atoms with Gasteiger partial charge in [0.15, 0.2) is 18.1 Å². The smallest absolute Gasteiger partial charge is 0.349 e. The van der Waals surface area contributed by atoms with Crippen LogP contribution in [0.25, 0.3) is 0 Å². The van der Waals surface area contributed by atoms with Crippen molar-refractivity contribution in [2.24, 2.45) is 0 Å². The van der Waals surface area contributed by atoms with E-state index in [0.717, 1.165) is 5.75 Å². The third-order valence-electron chi connectivity index (χ3n) is 3.07. The van der Waals surface area contributed by atoms with Crippen molar-refractivity contribution in [1.82, 2.24) is 0 Å². The predicted molar refractivity (Wildman–Crippen MR) is 81.3 cm³/mol. The zero-order chi connectivity index (χ0) is 16.1. The van der Waals surface area contributed by atoms with Crippen LogP contribution in [-0.2, 0) is 4.79 Å². The van der Waals surface area contributed by atoms with Crippen molar-refractivity contribution in [3.8, 4) is 28.7 Å². The van der Waals surface area contributed by atoms with E-state index in [2.05, 4.69) is 0 Å². The molecule has 23 heavy (non-hydrogen) atoms. The average molecular weight is 316 g/mol. The summed E-state index contributed by atoms with van der Waals surface area (Å²) < 4.78 is 26.3. The first-order chi connectivity index (χ1) is 11.2. The fourth-order valence-electron chi connectivity index (χ4n) is 2.04.